The van der Waals surface area contributed by atoms with Gasteiger partial charge < -0.3 is 15.0 Å². The maximum Gasteiger partial charge on any atom is 0.325 e. The Balaban J connectivity index is 1.72. The number of hydrogen-bond donors (Lipinski definition) is 1. The molecule has 2 rings (SSSR count). The van der Waals surface area contributed by atoms with Crippen LogP contribution in [0.25, 0.3) is 0 Å². The van der Waals surface area contributed by atoms with Crippen molar-refractivity contribution < 1.29 is 14.3 Å². The Labute approximate surface area is 141 Å². The largest absolute Gasteiger partial charge is 0.492 e. The zero-order valence-corrected chi connectivity index (χ0v) is 14.4. The average Bonchev–Trinajstić information content (AvgIpc) is 2.65. The number of nitrogens with one attached hydrogen (secondary N) is 1. The van der Waals surface area contributed by atoms with Crippen LogP contribution < -0.4 is 10.1 Å². The van der Waals surface area contributed by atoms with Gasteiger partial charge in [-0.3, -0.25) is 9.69 Å². The second-order valence-electron chi connectivity index (χ2n) is 6.12. The van der Waals surface area contributed by atoms with Gasteiger partial charge in [0.25, 0.3) is 5.91 Å². The van der Waals surface area contributed by atoms with E-state index in [-0.39, 0.29) is 11.9 Å². The molecule has 1 saturated heterocycles. The van der Waals surface area contributed by atoms with Crippen LogP contribution in [0.5, 0.6) is 5.75 Å². The summed E-state index contributed by atoms with van der Waals surface area (Å²) in [6.07, 6.45) is 0. The highest BCUT2D eigenvalue weighted by Crippen LogP contribution is 2.17. The van der Waals surface area contributed by atoms with Gasteiger partial charge in [-0.1, -0.05) is 17.7 Å². The monoisotopic (exact) mass is 339 g/mol. The summed E-state index contributed by atoms with van der Waals surface area (Å²) in [5.74, 6) is 0.535. The number of carbonyl (C=O) groups excluding carboxylic acids is 2. The van der Waals surface area contributed by atoms with Gasteiger partial charge in [-0.25, -0.2) is 4.79 Å². The summed E-state index contributed by atoms with van der Waals surface area (Å²) in [4.78, 5) is 27.1. The van der Waals surface area contributed by atoms with Crippen LogP contribution in [-0.2, 0) is 4.79 Å². The first kappa shape index (κ1) is 17.6. The molecular formula is C16H22ClN3O3. The molecule has 0 atom stereocenters. The highest BCUT2D eigenvalue weighted by molar-refractivity contribution is 6.30. The Morgan fingerprint density at radius 2 is 2.04 bits per heavy atom. The van der Waals surface area contributed by atoms with Gasteiger partial charge in [-0.2, -0.15) is 0 Å². The number of likely N-dealkylation sites (N-methyl/N-ethyl adjacent to an activating group) is 1. The van der Waals surface area contributed by atoms with E-state index in [1.165, 1.54) is 4.90 Å². The van der Waals surface area contributed by atoms with Crippen molar-refractivity contribution in [3.63, 3.8) is 0 Å². The van der Waals surface area contributed by atoms with E-state index in [4.69, 9.17) is 16.3 Å². The minimum absolute atomic E-state index is 0.189. The number of ether oxygens (including phenoxy) is 1. The van der Waals surface area contributed by atoms with Gasteiger partial charge in [0.15, 0.2) is 0 Å². The first-order chi connectivity index (χ1) is 10.8. The Morgan fingerprint density at radius 3 is 2.65 bits per heavy atom. The molecule has 1 N–H and O–H groups in total. The van der Waals surface area contributed by atoms with Gasteiger partial charge in [0.1, 0.15) is 17.9 Å². The molecule has 1 aliphatic rings. The minimum atomic E-state index is -0.814. The third-order valence-electron chi connectivity index (χ3n) is 3.69. The Kier molecular flexibility index (Phi) is 5.49. The van der Waals surface area contributed by atoms with Crippen LogP contribution in [-0.4, -0.2) is 60.6 Å². The molecule has 126 valence electrons. The highest BCUT2D eigenvalue weighted by Gasteiger charge is 2.43. The van der Waals surface area contributed by atoms with Crippen LogP contribution in [0.4, 0.5) is 4.79 Å². The van der Waals surface area contributed by atoms with Gasteiger partial charge >= 0.3 is 6.03 Å². The van der Waals surface area contributed by atoms with Crippen molar-refractivity contribution in [3.8, 4) is 5.75 Å². The van der Waals surface area contributed by atoms with Crippen molar-refractivity contribution in [2.75, 3.05) is 33.3 Å². The Bertz CT molecular complexity index is 592. The molecule has 3 amide bonds. The van der Waals surface area contributed by atoms with Crippen LogP contribution in [0.15, 0.2) is 24.3 Å². The molecule has 0 aliphatic carbocycles. The molecule has 0 bridgehead atoms. The Morgan fingerprint density at radius 1 is 1.30 bits per heavy atom. The van der Waals surface area contributed by atoms with Crippen molar-refractivity contribution in [2.45, 2.75) is 19.4 Å². The first-order valence-electron chi connectivity index (χ1n) is 7.50. The Hall–Kier alpha value is -1.79. The standard InChI is InChI=1S/C16H22ClN3O3/c1-16(2)14(21)20(15(22)18-16)8-7-19(3)9-10-23-13-6-4-5-12(17)11-13/h4-6,11H,7-10H2,1-3H3,(H,18,22). The number of rotatable bonds is 7. The van der Waals surface area contributed by atoms with Crippen molar-refractivity contribution in [2.24, 2.45) is 0 Å². The fraction of sp³-hybridized carbons (Fsp3) is 0.500. The van der Waals surface area contributed by atoms with Gasteiger partial charge in [-0.05, 0) is 39.1 Å². The smallest absolute Gasteiger partial charge is 0.325 e. The normalized spacial score (nSPS) is 16.8. The summed E-state index contributed by atoms with van der Waals surface area (Å²) in [5.41, 5.74) is -0.814. The third kappa shape index (κ3) is 4.59. The SMILES string of the molecule is CN(CCOc1cccc(Cl)c1)CCN1C(=O)NC(C)(C)C1=O. The number of hydrogen-bond acceptors (Lipinski definition) is 4. The zero-order chi connectivity index (χ0) is 17.0. The number of benzene rings is 1. The quantitative estimate of drug-likeness (QED) is 0.772. The van der Waals surface area contributed by atoms with Crippen molar-refractivity contribution in [1.29, 1.82) is 0 Å². The predicted octanol–water partition coefficient (Wildman–Crippen LogP) is 1.98. The molecule has 0 aromatic heterocycles. The fourth-order valence-electron chi connectivity index (χ4n) is 2.28. The van der Waals surface area contributed by atoms with E-state index in [9.17, 15) is 9.59 Å². The van der Waals surface area contributed by atoms with Crippen LogP contribution in [0, 0.1) is 0 Å². The van der Waals surface area contributed by atoms with Gasteiger partial charge in [0.2, 0.25) is 0 Å². The van der Waals surface area contributed by atoms with E-state index in [1.807, 2.05) is 24.1 Å². The molecule has 7 heteroatoms. The minimum Gasteiger partial charge on any atom is -0.492 e. The van der Waals surface area contributed by atoms with Crippen molar-refractivity contribution in [1.82, 2.24) is 15.1 Å². The average molecular weight is 340 g/mol. The molecular weight excluding hydrogens is 318 g/mol. The number of carbonyl (C=O) groups is 2. The van der Waals surface area contributed by atoms with E-state index in [0.717, 1.165) is 5.75 Å². The summed E-state index contributed by atoms with van der Waals surface area (Å²) >= 11 is 5.89. The van der Waals surface area contributed by atoms with E-state index in [0.29, 0.717) is 31.3 Å². The van der Waals surface area contributed by atoms with Crippen molar-refractivity contribution >= 4 is 23.5 Å². The van der Waals surface area contributed by atoms with Crippen LogP contribution >= 0.6 is 11.6 Å². The van der Waals surface area contributed by atoms with E-state index in [1.54, 1.807) is 26.0 Å². The van der Waals surface area contributed by atoms with E-state index >= 15 is 0 Å². The molecule has 1 aromatic rings. The molecule has 6 nitrogen and oxygen atoms in total. The molecule has 1 heterocycles. The first-order valence-corrected chi connectivity index (χ1v) is 7.88. The van der Waals surface area contributed by atoms with E-state index in [2.05, 4.69) is 5.32 Å². The topological polar surface area (TPSA) is 61.9 Å². The summed E-state index contributed by atoms with van der Waals surface area (Å²) in [6.45, 7) is 5.55. The lowest BCUT2D eigenvalue weighted by Gasteiger charge is -2.21. The third-order valence-corrected chi connectivity index (χ3v) is 3.92. The fourth-order valence-corrected chi connectivity index (χ4v) is 2.46. The van der Waals surface area contributed by atoms with Crippen LogP contribution in [0.1, 0.15) is 13.8 Å². The summed E-state index contributed by atoms with van der Waals surface area (Å²) in [7, 11) is 1.92. The number of urea groups is 1. The van der Waals surface area contributed by atoms with E-state index < -0.39 is 5.54 Å². The molecule has 0 spiro atoms. The summed E-state index contributed by atoms with van der Waals surface area (Å²) in [6, 6.07) is 6.91. The second kappa shape index (κ2) is 7.19. The highest BCUT2D eigenvalue weighted by atomic mass is 35.5. The van der Waals surface area contributed by atoms with Crippen molar-refractivity contribution in [3.05, 3.63) is 29.3 Å². The molecule has 1 aliphatic heterocycles. The summed E-state index contributed by atoms with van der Waals surface area (Å²) < 4.78 is 5.62. The van der Waals surface area contributed by atoms with Gasteiger partial charge in [0, 0.05) is 24.7 Å². The lowest BCUT2D eigenvalue weighted by Crippen LogP contribution is -2.41. The molecule has 23 heavy (non-hydrogen) atoms. The van der Waals surface area contributed by atoms with Crippen LogP contribution in [0.2, 0.25) is 5.02 Å². The molecule has 0 radical (unpaired) electrons. The zero-order valence-electron chi connectivity index (χ0n) is 13.6. The molecule has 0 saturated carbocycles. The number of amides is 3. The second-order valence-corrected chi connectivity index (χ2v) is 6.56. The number of imide groups is 1. The maximum atomic E-state index is 12.1. The molecule has 1 aromatic carbocycles. The predicted molar refractivity (Wildman–Crippen MR) is 88.8 cm³/mol. The summed E-state index contributed by atoms with van der Waals surface area (Å²) in [5, 5.41) is 3.30. The van der Waals surface area contributed by atoms with Gasteiger partial charge in [0.05, 0.1) is 0 Å². The van der Waals surface area contributed by atoms with Gasteiger partial charge in [-0.15, -0.1) is 0 Å². The maximum absolute atomic E-state index is 12.1. The van der Waals surface area contributed by atoms with Crippen LogP contribution in [0.3, 0.4) is 0 Å². The lowest BCUT2D eigenvalue weighted by atomic mass is 10.1. The number of halogens is 1. The molecule has 1 fully saturated rings. The molecule has 0 unspecified atom stereocenters. The lowest BCUT2D eigenvalue weighted by molar-refractivity contribution is -0.130. The number of nitrogens with zero attached hydrogens (tertiary/aromatic N) is 2.